The van der Waals surface area contributed by atoms with Crippen molar-refractivity contribution >= 4 is 12.1 Å². The van der Waals surface area contributed by atoms with Crippen molar-refractivity contribution in [1.29, 1.82) is 0 Å². The van der Waals surface area contributed by atoms with Crippen LogP contribution < -0.4 is 16.0 Å². The zero-order chi connectivity index (χ0) is 22.8. The smallest absolute Gasteiger partial charge is 0.408 e. The molecule has 1 aliphatic rings. The molecule has 1 fully saturated rings. The first-order valence-electron chi connectivity index (χ1n) is 11.3. The molecular weight excluding hydrogens is 382 g/mol. The molecule has 1 amide bonds. The first-order valence-corrected chi connectivity index (χ1v) is 11.3. The van der Waals surface area contributed by atoms with Crippen molar-refractivity contribution in [2.24, 2.45) is 4.99 Å². The Morgan fingerprint density at radius 2 is 1.70 bits per heavy atom. The number of hydrogen-bond acceptors (Lipinski definition) is 5. The Morgan fingerprint density at radius 1 is 1.10 bits per heavy atom. The van der Waals surface area contributed by atoms with Gasteiger partial charge in [-0.05, 0) is 67.5 Å². The van der Waals surface area contributed by atoms with E-state index in [0.29, 0.717) is 6.54 Å². The number of aliphatic imine (C=N–C) groups is 1. The molecule has 1 saturated heterocycles. The summed E-state index contributed by atoms with van der Waals surface area (Å²) >= 11 is 0. The lowest BCUT2D eigenvalue weighted by Crippen LogP contribution is -2.57. The highest BCUT2D eigenvalue weighted by Crippen LogP contribution is 2.25. The third-order valence-corrected chi connectivity index (χ3v) is 5.96. The standard InChI is InChI=1S/C22H45N5O3/c1-9-21(10-2,26-19(28)30-20(4,5)6)16-24-18(23-11-3)25-17-22(27(7)8)12-14-29-15-13-22/h9-17H2,1-8H3,(H,26,28)(H2,23,24,25). The molecule has 0 atom stereocenters. The monoisotopic (exact) mass is 427 g/mol. The van der Waals surface area contributed by atoms with E-state index in [1.54, 1.807) is 0 Å². The molecule has 0 aromatic rings. The number of carbonyl (C=O) groups is 1. The minimum absolute atomic E-state index is 0.0514. The second kappa shape index (κ2) is 11.7. The highest BCUT2D eigenvalue weighted by atomic mass is 16.6. The lowest BCUT2D eigenvalue weighted by atomic mass is 9.88. The van der Waals surface area contributed by atoms with Crippen LogP contribution in [0.4, 0.5) is 4.79 Å². The molecule has 0 radical (unpaired) electrons. The van der Waals surface area contributed by atoms with E-state index >= 15 is 0 Å². The van der Waals surface area contributed by atoms with Crippen LogP contribution >= 0.6 is 0 Å². The van der Waals surface area contributed by atoms with Gasteiger partial charge in [0.2, 0.25) is 0 Å². The molecule has 8 heteroatoms. The first-order chi connectivity index (χ1) is 14.0. The number of amides is 1. The van der Waals surface area contributed by atoms with Crippen molar-refractivity contribution in [3.63, 3.8) is 0 Å². The maximum Gasteiger partial charge on any atom is 0.408 e. The number of alkyl carbamates (subject to hydrolysis) is 1. The average Bonchev–Trinajstić information content (AvgIpc) is 2.68. The van der Waals surface area contributed by atoms with E-state index in [9.17, 15) is 4.79 Å². The van der Waals surface area contributed by atoms with Crippen molar-refractivity contribution < 1.29 is 14.3 Å². The summed E-state index contributed by atoms with van der Waals surface area (Å²) in [7, 11) is 4.25. The first kappa shape index (κ1) is 26.5. The summed E-state index contributed by atoms with van der Waals surface area (Å²) in [6, 6.07) is 0. The van der Waals surface area contributed by atoms with Crippen LogP contribution in [0.15, 0.2) is 4.99 Å². The van der Waals surface area contributed by atoms with E-state index in [2.05, 4.69) is 55.7 Å². The molecular formula is C22H45N5O3. The van der Waals surface area contributed by atoms with Gasteiger partial charge in [0.15, 0.2) is 5.96 Å². The van der Waals surface area contributed by atoms with Gasteiger partial charge in [-0.3, -0.25) is 4.99 Å². The summed E-state index contributed by atoms with van der Waals surface area (Å²) < 4.78 is 11.0. The topological polar surface area (TPSA) is 87.2 Å². The fourth-order valence-corrected chi connectivity index (χ4v) is 3.56. The number of hydrogen-bond donors (Lipinski definition) is 3. The summed E-state index contributed by atoms with van der Waals surface area (Å²) in [6.07, 6.45) is 3.11. The van der Waals surface area contributed by atoms with Gasteiger partial charge in [-0.1, -0.05) is 13.8 Å². The molecule has 30 heavy (non-hydrogen) atoms. The van der Waals surface area contributed by atoms with Crippen molar-refractivity contribution in [3.05, 3.63) is 0 Å². The number of ether oxygens (including phenoxy) is 2. The average molecular weight is 428 g/mol. The normalized spacial score (nSPS) is 17.6. The second-order valence-corrected chi connectivity index (χ2v) is 9.39. The number of nitrogens with zero attached hydrogens (tertiary/aromatic N) is 2. The van der Waals surface area contributed by atoms with Crippen LogP contribution in [0.5, 0.6) is 0 Å². The summed E-state index contributed by atoms with van der Waals surface area (Å²) in [5.74, 6) is 0.766. The van der Waals surface area contributed by atoms with E-state index in [4.69, 9.17) is 14.5 Å². The van der Waals surface area contributed by atoms with Gasteiger partial charge < -0.3 is 30.3 Å². The van der Waals surface area contributed by atoms with E-state index in [1.165, 1.54) is 0 Å². The highest BCUT2D eigenvalue weighted by Gasteiger charge is 2.35. The van der Waals surface area contributed by atoms with Crippen LogP contribution in [0.1, 0.15) is 67.2 Å². The molecule has 176 valence electrons. The maximum absolute atomic E-state index is 12.4. The van der Waals surface area contributed by atoms with E-state index in [1.807, 2.05) is 20.8 Å². The minimum atomic E-state index is -0.527. The predicted molar refractivity (Wildman–Crippen MR) is 123 cm³/mol. The maximum atomic E-state index is 12.4. The molecule has 0 aliphatic carbocycles. The van der Waals surface area contributed by atoms with Crippen molar-refractivity contribution in [2.75, 3.05) is 46.9 Å². The van der Waals surface area contributed by atoms with Gasteiger partial charge >= 0.3 is 6.09 Å². The fraction of sp³-hybridized carbons (Fsp3) is 0.909. The molecule has 1 heterocycles. The third-order valence-electron chi connectivity index (χ3n) is 5.96. The Balaban J connectivity index is 2.87. The van der Waals surface area contributed by atoms with E-state index < -0.39 is 17.2 Å². The molecule has 0 aromatic heterocycles. The Labute approximate surface area is 183 Å². The van der Waals surface area contributed by atoms with Crippen molar-refractivity contribution in [3.8, 4) is 0 Å². The largest absolute Gasteiger partial charge is 0.444 e. The van der Waals surface area contributed by atoms with Crippen LogP contribution in [-0.2, 0) is 9.47 Å². The van der Waals surface area contributed by atoms with Crippen LogP contribution in [-0.4, -0.2) is 80.6 Å². The molecule has 1 rings (SSSR count). The van der Waals surface area contributed by atoms with Crippen molar-refractivity contribution in [1.82, 2.24) is 20.9 Å². The van der Waals surface area contributed by atoms with Crippen molar-refractivity contribution in [2.45, 2.75) is 83.9 Å². The molecule has 0 unspecified atom stereocenters. The summed E-state index contributed by atoms with van der Waals surface area (Å²) in [4.78, 5) is 19.5. The Bertz CT molecular complexity index is 547. The van der Waals surface area contributed by atoms with Gasteiger partial charge in [-0.25, -0.2) is 4.79 Å². The Morgan fingerprint density at radius 3 is 2.17 bits per heavy atom. The van der Waals surface area contributed by atoms with Gasteiger partial charge in [0.05, 0.1) is 12.1 Å². The number of nitrogens with one attached hydrogen (secondary N) is 3. The molecule has 8 nitrogen and oxygen atoms in total. The quantitative estimate of drug-likeness (QED) is 0.387. The highest BCUT2D eigenvalue weighted by molar-refractivity contribution is 5.80. The summed E-state index contributed by atoms with van der Waals surface area (Å²) in [6.45, 7) is 15.4. The molecule has 1 aliphatic heterocycles. The Hall–Kier alpha value is -1.54. The van der Waals surface area contributed by atoms with Gasteiger partial charge in [0.25, 0.3) is 0 Å². The van der Waals surface area contributed by atoms with E-state index in [-0.39, 0.29) is 5.54 Å². The van der Waals surface area contributed by atoms with Gasteiger partial charge in [-0.15, -0.1) is 0 Å². The molecule has 3 N–H and O–H groups in total. The molecule has 0 spiro atoms. The second-order valence-electron chi connectivity index (χ2n) is 9.39. The number of guanidine groups is 1. The SMILES string of the molecule is CCNC(=NCC(CC)(CC)NC(=O)OC(C)(C)C)NCC1(N(C)C)CCOCC1. The van der Waals surface area contributed by atoms with E-state index in [0.717, 1.165) is 57.9 Å². The lowest BCUT2D eigenvalue weighted by molar-refractivity contribution is -0.00501. The lowest BCUT2D eigenvalue weighted by Gasteiger charge is -2.43. The zero-order valence-corrected chi connectivity index (χ0v) is 20.5. The van der Waals surface area contributed by atoms with Crippen LogP contribution in [0, 0.1) is 0 Å². The summed E-state index contributed by atoms with van der Waals surface area (Å²) in [5.41, 5.74) is -0.917. The zero-order valence-electron chi connectivity index (χ0n) is 20.5. The molecule has 0 bridgehead atoms. The third kappa shape index (κ3) is 8.30. The van der Waals surface area contributed by atoms with Crippen LogP contribution in [0.2, 0.25) is 0 Å². The minimum Gasteiger partial charge on any atom is -0.444 e. The van der Waals surface area contributed by atoms with Crippen LogP contribution in [0.25, 0.3) is 0 Å². The fourth-order valence-electron chi connectivity index (χ4n) is 3.56. The van der Waals surface area contributed by atoms with Gasteiger partial charge in [0.1, 0.15) is 5.60 Å². The molecule has 0 aromatic carbocycles. The molecule has 0 saturated carbocycles. The number of likely N-dealkylation sites (N-methyl/N-ethyl adjacent to an activating group) is 1. The summed E-state index contributed by atoms with van der Waals surface area (Å²) in [5, 5.41) is 9.92. The Kier molecular flexibility index (Phi) is 10.4. The number of carbonyl (C=O) groups excluding carboxylic acids is 1. The van der Waals surface area contributed by atoms with Crippen LogP contribution in [0.3, 0.4) is 0 Å². The van der Waals surface area contributed by atoms with Gasteiger partial charge in [-0.2, -0.15) is 0 Å². The van der Waals surface area contributed by atoms with Gasteiger partial charge in [0, 0.05) is 31.8 Å². The number of rotatable bonds is 9. The predicted octanol–water partition coefficient (Wildman–Crippen LogP) is 2.74.